The Hall–Kier alpha value is -2.96. The van der Waals surface area contributed by atoms with Gasteiger partial charge in [-0.3, -0.25) is 4.79 Å². The van der Waals surface area contributed by atoms with E-state index in [2.05, 4.69) is 11.9 Å². The van der Waals surface area contributed by atoms with Gasteiger partial charge in [0.2, 0.25) is 5.88 Å². The van der Waals surface area contributed by atoms with Gasteiger partial charge in [-0.1, -0.05) is 26.3 Å². The summed E-state index contributed by atoms with van der Waals surface area (Å²) in [5, 5.41) is 4.72. The van der Waals surface area contributed by atoms with Gasteiger partial charge in [-0.25, -0.2) is 9.37 Å². The molecule has 0 saturated heterocycles. The largest absolute Gasteiger partial charge is 0.481 e. The minimum atomic E-state index is -0.420. The normalized spacial score (nSPS) is 11.1. The number of aromatic nitrogens is 3. The lowest BCUT2D eigenvalue weighted by atomic mass is 10.1. The van der Waals surface area contributed by atoms with Gasteiger partial charge in [-0.05, 0) is 38.0 Å². The molecule has 0 fully saturated rings. The van der Waals surface area contributed by atoms with Crippen molar-refractivity contribution in [1.82, 2.24) is 19.5 Å². The third kappa shape index (κ3) is 4.39. The summed E-state index contributed by atoms with van der Waals surface area (Å²) in [7, 11) is 1.60. The van der Waals surface area contributed by atoms with Crippen molar-refractivity contribution in [3.05, 3.63) is 58.7 Å². The fourth-order valence-electron chi connectivity index (χ4n) is 3.48. The molecule has 0 aliphatic rings. The average molecular weight is 398 g/mol. The van der Waals surface area contributed by atoms with Crippen LogP contribution in [-0.4, -0.2) is 39.1 Å². The second-order valence-electron chi connectivity index (χ2n) is 7.09. The van der Waals surface area contributed by atoms with Crippen molar-refractivity contribution >= 4 is 11.6 Å². The minimum Gasteiger partial charge on any atom is -0.481 e. The fourth-order valence-corrected chi connectivity index (χ4v) is 3.48. The van der Waals surface area contributed by atoms with Crippen molar-refractivity contribution in [3.63, 3.8) is 0 Å². The molecule has 29 heavy (non-hydrogen) atoms. The average Bonchev–Trinajstić information content (AvgIpc) is 3.04. The third-order valence-electron chi connectivity index (χ3n) is 4.77. The van der Waals surface area contributed by atoms with E-state index in [0.717, 1.165) is 41.9 Å². The number of halogens is 1. The zero-order chi connectivity index (χ0) is 21.0. The first kappa shape index (κ1) is 20.8. The Morgan fingerprint density at radius 3 is 2.69 bits per heavy atom. The lowest BCUT2D eigenvalue weighted by Gasteiger charge is -2.22. The van der Waals surface area contributed by atoms with Crippen LogP contribution in [0.3, 0.4) is 0 Å². The molecule has 154 valence electrons. The number of aryl methyl sites for hydroxylation is 2. The summed E-state index contributed by atoms with van der Waals surface area (Å²) >= 11 is 0. The molecule has 0 aliphatic carbocycles. The van der Waals surface area contributed by atoms with Gasteiger partial charge in [-0.15, -0.1) is 0 Å². The molecule has 3 rings (SSSR count). The number of nitrogens with zero attached hydrogens (tertiary/aromatic N) is 4. The number of methoxy groups -OCH3 is 1. The summed E-state index contributed by atoms with van der Waals surface area (Å²) in [4.78, 5) is 19.4. The molecule has 6 nitrogen and oxygen atoms in total. The first-order chi connectivity index (χ1) is 14.0. The number of hydrogen-bond donors (Lipinski definition) is 0. The maximum atomic E-state index is 13.6. The van der Waals surface area contributed by atoms with Crippen molar-refractivity contribution in [2.75, 3.05) is 13.7 Å². The number of ether oxygens (including phenoxy) is 1. The number of benzene rings is 1. The van der Waals surface area contributed by atoms with E-state index in [4.69, 9.17) is 9.84 Å². The summed E-state index contributed by atoms with van der Waals surface area (Å²) in [6, 6.07) is 7.63. The second-order valence-corrected chi connectivity index (χ2v) is 7.09. The van der Waals surface area contributed by atoms with E-state index in [1.807, 2.05) is 19.9 Å². The number of carbonyl (C=O) groups is 1. The molecule has 0 atom stereocenters. The third-order valence-corrected chi connectivity index (χ3v) is 4.77. The highest BCUT2D eigenvalue weighted by molar-refractivity contribution is 5.94. The molecular weight excluding hydrogens is 371 g/mol. The number of hydrogen-bond acceptors (Lipinski definition) is 4. The van der Waals surface area contributed by atoms with Crippen LogP contribution < -0.4 is 4.74 Å². The summed E-state index contributed by atoms with van der Waals surface area (Å²) < 4.78 is 20.8. The van der Waals surface area contributed by atoms with Gasteiger partial charge in [0.25, 0.3) is 5.91 Å². The molecule has 1 aromatic carbocycles. The number of fused-ring (bicyclic) bond motifs is 1. The zero-order valence-corrected chi connectivity index (χ0v) is 17.4. The van der Waals surface area contributed by atoms with Crippen molar-refractivity contribution < 1.29 is 13.9 Å². The Kier molecular flexibility index (Phi) is 6.46. The second kappa shape index (κ2) is 9.03. The van der Waals surface area contributed by atoms with E-state index in [1.54, 1.807) is 28.7 Å². The highest BCUT2D eigenvalue weighted by atomic mass is 19.1. The molecule has 0 spiro atoms. The van der Waals surface area contributed by atoms with E-state index in [1.165, 1.54) is 12.1 Å². The van der Waals surface area contributed by atoms with E-state index in [9.17, 15) is 9.18 Å². The Labute approximate surface area is 170 Å². The fraction of sp³-hybridized carbons (Fsp3) is 0.409. The van der Waals surface area contributed by atoms with E-state index >= 15 is 0 Å². The molecule has 0 radical (unpaired) electrons. The molecule has 2 aromatic heterocycles. The molecule has 3 aromatic rings. The van der Waals surface area contributed by atoms with Gasteiger partial charge >= 0.3 is 0 Å². The quantitative estimate of drug-likeness (QED) is 0.571. The van der Waals surface area contributed by atoms with E-state index < -0.39 is 5.82 Å². The van der Waals surface area contributed by atoms with Gasteiger partial charge in [0.1, 0.15) is 5.82 Å². The Balaban J connectivity index is 2.03. The SMILES string of the molecule is CCCc1c(CN(CCC)C(=O)c2cccc(F)c2)nn2c(OC)cc(C)nc12. The van der Waals surface area contributed by atoms with Crippen molar-refractivity contribution in [3.8, 4) is 5.88 Å². The van der Waals surface area contributed by atoms with Crippen LogP contribution in [0.5, 0.6) is 5.88 Å². The molecule has 2 heterocycles. The molecule has 0 unspecified atom stereocenters. The van der Waals surface area contributed by atoms with Crippen molar-refractivity contribution in [1.29, 1.82) is 0 Å². The molecule has 0 aliphatic heterocycles. The van der Waals surface area contributed by atoms with Crippen LogP contribution in [0.25, 0.3) is 5.65 Å². The maximum Gasteiger partial charge on any atom is 0.254 e. The lowest BCUT2D eigenvalue weighted by Crippen LogP contribution is -2.32. The van der Waals surface area contributed by atoms with Crippen LogP contribution in [0.4, 0.5) is 4.39 Å². The van der Waals surface area contributed by atoms with Crippen LogP contribution in [-0.2, 0) is 13.0 Å². The first-order valence-electron chi connectivity index (χ1n) is 9.95. The Morgan fingerprint density at radius 2 is 2.03 bits per heavy atom. The Morgan fingerprint density at radius 1 is 1.24 bits per heavy atom. The predicted octanol–water partition coefficient (Wildman–Crippen LogP) is 4.19. The predicted molar refractivity (Wildman–Crippen MR) is 110 cm³/mol. The molecule has 1 amide bonds. The monoisotopic (exact) mass is 398 g/mol. The van der Waals surface area contributed by atoms with Gasteiger partial charge < -0.3 is 9.64 Å². The van der Waals surface area contributed by atoms with Crippen LogP contribution in [0.15, 0.2) is 30.3 Å². The molecule has 0 N–H and O–H groups in total. The summed E-state index contributed by atoms with van der Waals surface area (Å²) in [5.41, 5.74) is 3.75. The van der Waals surface area contributed by atoms with Crippen molar-refractivity contribution in [2.45, 2.75) is 46.6 Å². The van der Waals surface area contributed by atoms with Gasteiger partial charge in [0, 0.05) is 29.4 Å². The van der Waals surface area contributed by atoms with E-state index in [0.29, 0.717) is 24.5 Å². The molecular formula is C22H27FN4O2. The first-order valence-corrected chi connectivity index (χ1v) is 9.95. The van der Waals surface area contributed by atoms with Crippen LogP contribution in [0, 0.1) is 12.7 Å². The molecule has 0 bridgehead atoms. The Bertz CT molecular complexity index is 1020. The highest BCUT2D eigenvalue weighted by Gasteiger charge is 2.22. The summed E-state index contributed by atoms with van der Waals surface area (Å²) in [6.45, 7) is 6.92. The number of rotatable bonds is 8. The topological polar surface area (TPSA) is 59.7 Å². The minimum absolute atomic E-state index is 0.207. The summed E-state index contributed by atoms with van der Waals surface area (Å²) in [5.74, 6) is -0.0207. The standard InChI is InChI=1S/C22H27FN4O2/c1-5-8-18-19(25-27-20(29-4)12-15(3)24-21(18)27)14-26(11-6-2)22(28)16-9-7-10-17(23)13-16/h7,9-10,12-13H,5-6,8,11,14H2,1-4H3. The highest BCUT2D eigenvalue weighted by Crippen LogP contribution is 2.24. The number of carbonyl (C=O) groups excluding carboxylic acids is 1. The van der Waals surface area contributed by atoms with Crippen LogP contribution in [0.1, 0.15) is 54.0 Å². The lowest BCUT2D eigenvalue weighted by molar-refractivity contribution is 0.0740. The maximum absolute atomic E-state index is 13.6. The smallest absolute Gasteiger partial charge is 0.254 e. The van der Waals surface area contributed by atoms with Gasteiger partial charge in [0.05, 0.1) is 19.3 Å². The molecule has 0 saturated carbocycles. The van der Waals surface area contributed by atoms with Gasteiger partial charge in [0.15, 0.2) is 5.65 Å². The van der Waals surface area contributed by atoms with Gasteiger partial charge in [-0.2, -0.15) is 9.61 Å². The van der Waals surface area contributed by atoms with Crippen LogP contribution in [0.2, 0.25) is 0 Å². The zero-order valence-electron chi connectivity index (χ0n) is 17.4. The summed E-state index contributed by atoms with van der Waals surface area (Å²) in [6.07, 6.45) is 2.52. The van der Waals surface area contributed by atoms with Crippen molar-refractivity contribution in [2.24, 2.45) is 0 Å². The van der Waals surface area contributed by atoms with E-state index in [-0.39, 0.29) is 5.91 Å². The van der Waals surface area contributed by atoms with Crippen LogP contribution >= 0.6 is 0 Å². The number of amides is 1. The molecule has 7 heteroatoms.